The van der Waals surface area contributed by atoms with Gasteiger partial charge in [-0.05, 0) is 49.2 Å². The zero-order valence-electron chi connectivity index (χ0n) is 14.7. The Morgan fingerprint density at radius 1 is 0.577 bits per heavy atom. The minimum Gasteiger partial charge on any atom is -0.482 e. The van der Waals surface area contributed by atoms with Crippen LogP contribution in [0.4, 0.5) is 0 Å². The van der Waals surface area contributed by atoms with Crippen molar-refractivity contribution in [2.45, 2.75) is 13.8 Å². The number of carbonyl (C=O) groups excluding carboxylic acids is 2. The molecule has 4 rings (SSSR count). The molecule has 0 atom stereocenters. The third-order valence-electron chi connectivity index (χ3n) is 3.75. The summed E-state index contributed by atoms with van der Waals surface area (Å²) in [5.41, 5.74) is 2.19. The van der Waals surface area contributed by atoms with Gasteiger partial charge in [0.15, 0.2) is 49.4 Å². The van der Waals surface area contributed by atoms with Crippen LogP contribution < -0.4 is 18.9 Å². The highest BCUT2D eigenvalue weighted by atomic mass is 16.5. The topological polar surface area (TPSA) is 71.1 Å². The molecular formula is C20H20O6. The number of ether oxygens (including phenoxy) is 4. The van der Waals surface area contributed by atoms with Gasteiger partial charge in [0.2, 0.25) is 11.6 Å². The Morgan fingerprint density at radius 3 is 1.31 bits per heavy atom. The van der Waals surface area contributed by atoms with E-state index in [0.717, 1.165) is 11.1 Å². The molecule has 0 aliphatic carbocycles. The van der Waals surface area contributed by atoms with E-state index >= 15 is 0 Å². The van der Waals surface area contributed by atoms with Crippen LogP contribution in [0.25, 0.3) is 0 Å². The van der Waals surface area contributed by atoms with Crippen LogP contribution in [0.15, 0.2) is 36.4 Å². The van der Waals surface area contributed by atoms with E-state index in [-0.39, 0.29) is 38.0 Å². The van der Waals surface area contributed by atoms with Gasteiger partial charge in [-0.15, -0.1) is 0 Å². The highest BCUT2D eigenvalue weighted by molar-refractivity contribution is 5.82. The molecule has 0 fully saturated rings. The van der Waals surface area contributed by atoms with Crippen LogP contribution in [0.3, 0.4) is 0 Å². The highest BCUT2D eigenvalue weighted by Gasteiger charge is 2.15. The zero-order valence-corrected chi connectivity index (χ0v) is 14.7. The maximum Gasteiger partial charge on any atom is 0.207 e. The summed E-state index contributed by atoms with van der Waals surface area (Å²) in [6, 6.07) is 11.2. The molecule has 0 saturated heterocycles. The number of fused-ring (bicyclic) bond motifs is 2. The second kappa shape index (κ2) is 7.91. The fourth-order valence-corrected chi connectivity index (χ4v) is 2.41. The lowest BCUT2D eigenvalue weighted by molar-refractivity contribution is -0.122. The smallest absolute Gasteiger partial charge is 0.207 e. The van der Waals surface area contributed by atoms with Gasteiger partial charge in [-0.3, -0.25) is 9.59 Å². The molecule has 2 aliphatic rings. The van der Waals surface area contributed by atoms with Crippen molar-refractivity contribution in [1.29, 1.82) is 0 Å². The Labute approximate surface area is 151 Å². The summed E-state index contributed by atoms with van der Waals surface area (Å²) in [7, 11) is 0. The van der Waals surface area contributed by atoms with Crippen LogP contribution >= 0.6 is 0 Å². The van der Waals surface area contributed by atoms with Crippen LogP contribution in [0, 0.1) is 13.8 Å². The normalized spacial score (nSPS) is 15.3. The summed E-state index contributed by atoms with van der Waals surface area (Å²) in [6.07, 6.45) is 0. The SMILES string of the molecule is Cc1ccc2c(c1)OCC(=O)CO2.Cc1ccc2c(c1)OCC(=O)CO2. The molecule has 2 aromatic rings. The summed E-state index contributed by atoms with van der Waals surface area (Å²) >= 11 is 0. The summed E-state index contributed by atoms with van der Waals surface area (Å²) in [5.74, 6) is 2.55. The van der Waals surface area contributed by atoms with Crippen molar-refractivity contribution in [3.63, 3.8) is 0 Å². The van der Waals surface area contributed by atoms with Crippen LogP contribution in [-0.2, 0) is 9.59 Å². The summed E-state index contributed by atoms with van der Waals surface area (Å²) in [4.78, 5) is 22.0. The number of ketones is 2. The lowest BCUT2D eigenvalue weighted by Gasteiger charge is -2.05. The van der Waals surface area contributed by atoms with E-state index in [4.69, 9.17) is 18.9 Å². The number of rotatable bonds is 0. The van der Waals surface area contributed by atoms with E-state index in [9.17, 15) is 9.59 Å². The standard InChI is InChI=1S/2C10H10O3/c2*1-7-2-3-9-10(4-7)13-6-8(11)5-12-9/h2*2-4H,5-6H2,1H3. The van der Waals surface area contributed by atoms with Gasteiger partial charge in [0.05, 0.1) is 0 Å². The van der Waals surface area contributed by atoms with Crippen molar-refractivity contribution in [1.82, 2.24) is 0 Å². The van der Waals surface area contributed by atoms with Gasteiger partial charge >= 0.3 is 0 Å². The molecule has 0 N–H and O–H groups in total. The monoisotopic (exact) mass is 356 g/mol. The molecule has 6 heteroatoms. The Morgan fingerprint density at radius 2 is 0.923 bits per heavy atom. The van der Waals surface area contributed by atoms with Gasteiger partial charge in [-0.2, -0.15) is 0 Å². The fourth-order valence-electron chi connectivity index (χ4n) is 2.41. The Kier molecular flexibility index (Phi) is 5.41. The molecule has 26 heavy (non-hydrogen) atoms. The summed E-state index contributed by atoms with van der Waals surface area (Å²) in [5, 5.41) is 0. The molecule has 0 unspecified atom stereocenters. The average Bonchev–Trinajstić information content (AvgIpc) is 2.92. The Bertz CT molecular complexity index is 758. The molecule has 0 radical (unpaired) electrons. The molecule has 6 nitrogen and oxygen atoms in total. The molecule has 0 spiro atoms. The zero-order chi connectivity index (χ0) is 18.5. The number of hydrogen-bond acceptors (Lipinski definition) is 6. The quantitative estimate of drug-likeness (QED) is 0.723. The second-order valence-corrected chi connectivity index (χ2v) is 6.13. The van der Waals surface area contributed by atoms with Crippen molar-refractivity contribution < 1.29 is 28.5 Å². The third-order valence-corrected chi connectivity index (χ3v) is 3.75. The lowest BCUT2D eigenvalue weighted by Crippen LogP contribution is -2.15. The van der Waals surface area contributed by atoms with Gasteiger partial charge in [-0.25, -0.2) is 0 Å². The van der Waals surface area contributed by atoms with E-state index < -0.39 is 0 Å². The number of Topliss-reactive ketones (excluding diaryl/α,β-unsaturated/α-hetero) is 2. The first-order chi connectivity index (χ1) is 12.5. The minimum atomic E-state index is -0.0335. The third kappa shape index (κ3) is 4.53. The fraction of sp³-hybridized carbons (Fsp3) is 0.300. The van der Waals surface area contributed by atoms with E-state index in [1.807, 2.05) is 50.2 Å². The van der Waals surface area contributed by atoms with Crippen LogP contribution in [0.5, 0.6) is 23.0 Å². The van der Waals surface area contributed by atoms with E-state index in [1.165, 1.54) is 0 Å². The summed E-state index contributed by atoms with van der Waals surface area (Å²) < 4.78 is 21.0. The Hall–Kier alpha value is -3.02. The first kappa shape index (κ1) is 17.8. The molecule has 0 aromatic heterocycles. The Balaban J connectivity index is 0.000000151. The number of aryl methyl sites for hydroxylation is 2. The maximum absolute atomic E-state index is 11.0. The van der Waals surface area contributed by atoms with E-state index in [2.05, 4.69) is 0 Å². The second-order valence-electron chi connectivity index (χ2n) is 6.13. The number of benzene rings is 2. The number of carbonyl (C=O) groups is 2. The van der Waals surface area contributed by atoms with E-state index in [0.29, 0.717) is 23.0 Å². The van der Waals surface area contributed by atoms with Gasteiger partial charge in [0, 0.05) is 0 Å². The predicted molar refractivity (Wildman–Crippen MR) is 94.4 cm³/mol. The van der Waals surface area contributed by atoms with E-state index in [1.54, 1.807) is 0 Å². The molecular weight excluding hydrogens is 336 g/mol. The summed E-state index contributed by atoms with van der Waals surface area (Å²) in [6.45, 7) is 4.37. The van der Waals surface area contributed by atoms with Crippen molar-refractivity contribution in [3.8, 4) is 23.0 Å². The van der Waals surface area contributed by atoms with Crippen molar-refractivity contribution in [2.75, 3.05) is 26.4 Å². The van der Waals surface area contributed by atoms with Crippen molar-refractivity contribution in [2.24, 2.45) is 0 Å². The van der Waals surface area contributed by atoms with Gasteiger partial charge in [0.25, 0.3) is 0 Å². The average molecular weight is 356 g/mol. The molecule has 0 saturated carbocycles. The van der Waals surface area contributed by atoms with Crippen LogP contribution in [0.1, 0.15) is 11.1 Å². The molecule has 2 heterocycles. The molecule has 2 aliphatic heterocycles. The molecule has 136 valence electrons. The highest BCUT2D eigenvalue weighted by Crippen LogP contribution is 2.30. The predicted octanol–water partition coefficient (Wildman–Crippen LogP) is 2.67. The lowest BCUT2D eigenvalue weighted by atomic mass is 10.2. The van der Waals surface area contributed by atoms with Gasteiger partial charge in [-0.1, -0.05) is 12.1 Å². The molecule has 0 amide bonds. The largest absolute Gasteiger partial charge is 0.482 e. The van der Waals surface area contributed by atoms with Crippen LogP contribution in [0.2, 0.25) is 0 Å². The van der Waals surface area contributed by atoms with Crippen molar-refractivity contribution >= 4 is 11.6 Å². The molecule has 2 aromatic carbocycles. The minimum absolute atomic E-state index is 0.0335. The first-order valence-corrected chi connectivity index (χ1v) is 8.27. The van der Waals surface area contributed by atoms with Crippen molar-refractivity contribution in [3.05, 3.63) is 47.5 Å². The first-order valence-electron chi connectivity index (χ1n) is 8.27. The van der Waals surface area contributed by atoms with Crippen LogP contribution in [-0.4, -0.2) is 38.0 Å². The molecule has 0 bridgehead atoms. The van der Waals surface area contributed by atoms with Gasteiger partial charge in [0.1, 0.15) is 0 Å². The maximum atomic E-state index is 11.0. The van der Waals surface area contributed by atoms with Gasteiger partial charge < -0.3 is 18.9 Å². The number of hydrogen-bond donors (Lipinski definition) is 0.